The SMILES string of the molecule is Cc1nc(-c2cccc(NC(=O)NCCN3CCCC[C@@H]3CO)c2)cs1. The lowest BCUT2D eigenvalue weighted by Gasteiger charge is -2.34. The number of rotatable bonds is 6. The highest BCUT2D eigenvalue weighted by molar-refractivity contribution is 7.09. The minimum absolute atomic E-state index is 0.190. The number of thiazole rings is 1. The lowest BCUT2D eigenvalue weighted by atomic mass is 10.0. The Morgan fingerprint density at radius 1 is 1.42 bits per heavy atom. The van der Waals surface area contributed by atoms with Crippen LogP contribution in [0.4, 0.5) is 10.5 Å². The third-order valence-corrected chi connectivity index (χ3v) is 5.45. The highest BCUT2D eigenvalue weighted by Crippen LogP contribution is 2.24. The summed E-state index contributed by atoms with van der Waals surface area (Å²) in [6.45, 7) is 4.48. The Morgan fingerprint density at radius 2 is 2.31 bits per heavy atom. The van der Waals surface area contributed by atoms with Gasteiger partial charge in [0.05, 0.1) is 17.3 Å². The first kappa shape index (κ1) is 18.8. The van der Waals surface area contributed by atoms with Crippen LogP contribution in [0.25, 0.3) is 11.3 Å². The second-order valence-corrected chi connectivity index (χ2v) is 7.64. The average molecular weight is 375 g/mol. The number of nitrogens with one attached hydrogen (secondary N) is 2. The first-order valence-electron chi connectivity index (χ1n) is 9.08. The number of piperidine rings is 1. The Morgan fingerprint density at radius 3 is 3.08 bits per heavy atom. The van der Waals surface area contributed by atoms with Crippen LogP contribution in [0.1, 0.15) is 24.3 Å². The van der Waals surface area contributed by atoms with E-state index in [1.54, 1.807) is 11.3 Å². The van der Waals surface area contributed by atoms with Crippen LogP contribution in [0.2, 0.25) is 0 Å². The average Bonchev–Trinajstić information content (AvgIpc) is 3.09. The molecule has 0 saturated carbocycles. The van der Waals surface area contributed by atoms with E-state index in [1.807, 2.05) is 36.6 Å². The summed E-state index contributed by atoms with van der Waals surface area (Å²) >= 11 is 1.61. The molecule has 140 valence electrons. The zero-order valence-corrected chi connectivity index (χ0v) is 15.9. The quantitative estimate of drug-likeness (QED) is 0.726. The Bertz CT molecular complexity index is 734. The number of likely N-dealkylation sites (tertiary alicyclic amines) is 1. The van der Waals surface area contributed by atoms with Crippen molar-refractivity contribution < 1.29 is 9.90 Å². The molecule has 3 N–H and O–H groups in total. The van der Waals surface area contributed by atoms with Crippen LogP contribution in [0.15, 0.2) is 29.6 Å². The van der Waals surface area contributed by atoms with Gasteiger partial charge in [0, 0.05) is 35.8 Å². The van der Waals surface area contributed by atoms with E-state index in [0.717, 1.165) is 47.9 Å². The smallest absolute Gasteiger partial charge is 0.319 e. The van der Waals surface area contributed by atoms with Crippen LogP contribution < -0.4 is 10.6 Å². The Labute approximate surface area is 158 Å². The van der Waals surface area contributed by atoms with Crippen molar-refractivity contribution in [2.75, 3.05) is 31.6 Å². The molecule has 0 spiro atoms. The number of nitrogens with zero attached hydrogens (tertiary/aromatic N) is 2. The lowest BCUT2D eigenvalue weighted by molar-refractivity contribution is 0.0917. The van der Waals surface area contributed by atoms with E-state index < -0.39 is 0 Å². The van der Waals surface area contributed by atoms with Crippen LogP contribution in [0.5, 0.6) is 0 Å². The molecule has 0 bridgehead atoms. The van der Waals surface area contributed by atoms with E-state index >= 15 is 0 Å². The highest BCUT2D eigenvalue weighted by Gasteiger charge is 2.21. The van der Waals surface area contributed by atoms with Crippen LogP contribution in [-0.2, 0) is 0 Å². The van der Waals surface area contributed by atoms with Crippen molar-refractivity contribution in [1.29, 1.82) is 0 Å². The number of aliphatic hydroxyl groups excluding tert-OH is 1. The number of urea groups is 1. The number of carbonyl (C=O) groups excluding carboxylic acids is 1. The van der Waals surface area contributed by atoms with Crippen LogP contribution in [0.3, 0.4) is 0 Å². The van der Waals surface area contributed by atoms with Crippen molar-refractivity contribution >= 4 is 23.1 Å². The van der Waals surface area contributed by atoms with Crippen molar-refractivity contribution in [3.05, 3.63) is 34.7 Å². The van der Waals surface area contributed by atoms with Gasteiger partial charge >= 0.3 is 6.03 Å². The van der Waals surface area contributed by atoms with Gasteiger partial charge < -0.3 is 15.7 Å². The number of aliphatic hydroxyl groups is 1. The molecule has 1 fully saturated rings. The van der Waals surface area contributed by atoms with Gasteiger partial charge in [0.15, 0.2) is 0 Å². The Kier molecular flexibility index (Phi) is 6.60. The van der Waals surface area contributed by atoms with E-state index in [0.29, 0.717) is 6.54 Å². The van der Waals surface area contributed by atoms with Crippen LogP contribution in [0, 0.1) is 6.92 Å². The maximum Gasteiger partial charge on any atom is 0.319 e. The van der Waals surface area contributed by atoms with Crippen LogP contribution in [-0.4, -0.2) is 53.3 Å². The van der Waals surface area contributed by atoms with E-state index in [-0.39, 0.29) is 18.7 Å². The first-order chi connectivity index (χ1) is 12.7. The zero-order chi connectivity index (χ0) is 18.4. The van der Waals surface area contributed by atoms with Crippen molar-refractivity contribution in [2.24, 2.45) is 0 Å². The van der Waals surface area contributed by atoms with E-state index in [9.17, 15) is 9.90 Å². The molecule has 0 aliphatic carbocycles. The summed E-state index contributed by atoms with van der Waals surface area (Å²) in [4.78, 5) is 18.9. The molecule has 1 aliphatic rings. The molecule has 1 aromatic carbocycles. The molecule has 0 radical (unpaired) electrons. The normalized spacial score (nSPS) is 17.8. The van der Waals surface area contributed by atoms with Gasteiger partial charge in [-0.1, -0.05) is 18.6 Å². The number of amides is 2. The van der Waals surface area contributed by atoms with Crippen molar-refractivity contribution in [2.45, 2.75) is 32.2 Å². The molecule has 1 aliphatic heterocycles. The fourth-order valence-electron chi connectivity index (χ4n) is 3.30. The van der Waals surface area contributed by atoms with Gasteiger partial charge in [-0.25, -0.2) is 9.78 Å². The van der Waals surface area contributed by atoms with Crippen molar-refractivity contribution in [3.63, 3.8) is 0 Å². The molecule has 1 atom stereocenters. The molecule has 3 rings (SSSR count). The lowest BCUT2D eigenvalue weighted by Crippen LogP contribution is -2.46. The summed E-state index contributed by atoms with van der Waals surface area (Å²) in [7, 11) is 0. The van der Waals surface area contributed by atoms with Crippen molar-refractivity contribution in [3.8, 4) is 11.3 Å². The molecule has 6 nitrogen and oxygen atoms in total. The van der Waals surface area contributed by atoms with Gasteiger partial charge in [-0.15, -0.1) is 11.3 Å². The number of hydrogen-bond acceptors (Lipinski definition) is 5. The van der Waals surface area contributed by atoms with Gasteiger partial charge in [0.2, 0.25) is 0 Å². The van der Waals surface area contributed by atoms with Gasteiger partial charge in [-0.05, 0) is 38.4 Å². The second-order valence-electron chi connectivity index (χ2n) is 6.58. The van der Waals surface area contributed by atoms with Gasteiger partial charge in [0.25, 0.3) is 0 Å². The van der Waals surface area contributed by atoms with E-state index in [2.05, 4.69) is 20.5 Å². The minimum atomic E-state index is -0.214. The highest BCUT2D eigenvalue weighted by atomic mass is 32.1. The molecule has 26 heavy (non-hydrogen) atoms. The van der Waals surface area contributed by atoms with Gasteiger partial charge in [-0.2, -0.15) is 0 Å². The standard InChI is InChI=1S/C19H26N4O2S/c1-14-21-18(13-26-14)15-5-4-6-16(11-15)22-19(25)20-8-10-23-9-3-2-7-17(23)12-24/h4-6,11,13,17,24H,2-3,7-10,12H2,1H3,(H2,20,22,25)/t17-/m1/s1. The molecule has 1 aromatic heterocycles. The summed E-state index contributed by atoms with van der Waals surface area (Å²) in [5.74, 6) is 0. The fraction of sp³-hybridized carbons (Fsp3) is 0.474. The third kappa shape index (κ3) is 5.03. The minimum Gasteiger partial charge on any atom is -0.395 e. The molecular weight excluding hydrogens is 348 g/mol. The number of hydrogen-bond donors (Lipinski definition) is 3. The molecule has 2 heterocycles. The summed E-state index contributed by atoms with van der Waals surface area (Å²) in [5.41, 5.74) is 2.67. The van der Waals surface area contributed by atoms with E-state index in [1.165, 1.54) is 6.42 Å². The molecule has 0 unspecified atom stereocenters. The van der Waals surface area contributed by atoms with Crippen molar-refractivity contribution in [1.82, 2.24) is 15.2 Å². The summed E-state index contributed by atoms with van der Waals surface area (Å²) in [5, 5.41) is 18.3. The zero-order valence-electron chi connectivity index (χ0n) is 15.1. The number of carbonyl (C=O) groups is 1. The Hall–Kier alpha value is -1.96. The van der Waals surface area contributed by atoms with E-state index in [4.69, 9.17) is 0 Å². The summed E-state index contributed by atoms with van der Waals surface area (Å²) in [6.07, 6.45) is 3.36. The molecule has 2 amide bonds. The molecule has 1 saturated heterocycles. The predicted octanol–water partition coefficient (Wildman–Crippen LogP) is 3.09. The first-order valence-corrected chi connectivity index (χ1v) is 9.96. The Balaban J connectivity index is 1.49. The number of anilines is 1. The van der Waals surface area contributed by atoms with Crippen LogP contribution >= 0.6 is 11.3 Å². The molecule has 2 aromatic rings. The maximum absolute atomic E-state index is 12.2. The summed E-state index contributed by atoms with van der Waals surface area (Å²) < 4.78 is 0. The molecule has 7 heteroatoms. The molecular formula is C19H26N4O2S. The van der Waals surface area contributed by atoms with Gasteiger partial charge in [-0.3, -0.25) is 4.90 Å². The maximum atomic E-state index is 12.2. The topological polar surface area (TPSA) is 77.5 Å². The summed E-state index contributed by atoms with van der Waals surface area (Å²) in [6, 6.07) is 7.72. The largest absolute Gasteiger partial charge is 0.395 e. The second kappa shape index (κ2) is 9.12. The number of benzene rings is 1. The number of aromatic nitrogens is 1. The predicted molar refractivity (Wildman–Crippen MR) is 106 cm³/mol. The monoisotopic (exact) mass is 374 g/mol. The third-order valence-electron chi connectivity index (χ3n) is 4.68. The van der Waals surface area contributed by atoms with Gasteiger partial charge in [0.1, 0.15) is 0 Å². The number of aryl methyl sites for hydroxylation is 1. The fourth-order valence-corrected chi connectivity index (χ4v) is 3.92.